The minimum Gasteiger partial charge on any atom is -0.484 e. The van der Waals surface area contributed by atoms with E-state index >= 15 is 0 Å². The molecule has 0 fully saturated rings. The van der Waals surface area contributed by atoms with Gasteiger partial charge in [0.15, 0.2) is 6.61 Å². The molecule has 2 N–H and O–H groups in total. The number of benzene rings is 2. The van der Waals surface area contributed by atoms with E-state index in [9.17, 15) is 14.4 Å². The Morgan fingerprint density at radius 1 is 0.966 bits per heavy atom. The van der Waals surface area contributed by atoms with E-state index < -0.39 is 5.97 Å². The number of carbonyl (C=O) groups excluding carboxylic acids is 3. The zero-order chi connectivity index (χ0) is 21.2. The highest BCUT2D eigenvalue weighted by atomic mass is 16.5. The second-order valence-corrected chi connectivity index (χ2v) is 6.64. The fourth-order valence-electron chi connectivity index (χ4n) is 2.64. The standard InChI is InChI=1S/C22H26N2O5/c1-15-8-9-20(16(2)12-15)28-14-21(26)23-10-5-11-24-22(27)18-6-4-7-19(13-18)29-17(3)25/h4,6-9,12-13H,5,10-11,14H2,1-3H3,(H,23,26)(H,24,27). The molecule has 0 atom stereocenters. The molecule has 0 spiro atoms. The van der Waals surface area contributed by atoms with E-state index in [4.69, 9.17) is 9.47 Å². The highest BCUT2D eigenvalue weighted by Gasteiger charge is 2.08. The molecule has 2 aromatic rings. The second-order valence-electron chi connectivity index (χ2n) is 6.64. The van der Waals surface area contributed by atoms with Gasteiger partial charge in [-0.2, -0.15) is 0 Å². The molecule has 0 aliphatic rings. The first kappa shape index (κ1) is 21.9. The van der Waals surface area contributed by atoms with Gasteiger partial charge in [-0.1, -0.05) is 23.8 Å². The van der Waals surface area contributed by atoms with Crippen LogP contribution in [0.3, 0.4) is 0 Å². The van der Waals surface area contributed by atoms with Gasteiger partial charge in [0, 0.05) is 25.6 Å². The van der Waals surface area contributed by atoms with E-state index in [1.165, 1.54) is 13.0 Å². The summed E-state index contributed by atoms with van der Waals surface area (Å²) >= 11 is 0. The first-order valence-electron chi connectivity index (χ1n) is 9.38. The van der Waals surface area contributed by atoms with Gasteiger partial charge in [-0.25, -0.2) is 0 Å². The van der Waals surface area contributed by atoms with Crippen molar-refractivity contribution in [2.45, 2.75) is 27.2 Å². The average Bonchev–Trinajstić information content (AvgIpc) is 2.66. The number of amides is 2. The molecule has 0 aliphatic heterocycles. The molecule has 0 unspecified atom stereocenters. The molecule has 154 valence electrons. The number of hydrogen-bond donors (Lipinski definition) is 2. The Bertz CT molecular complexity index is 879. The summed E-state index contributed by atoms with van der Waals surface area (Å²) in [6.45, 7) is 5.99. The summed E-state index contributed by atoms with van der Waals surface area (Å²) in [5, 5.41) is 5.52. The van der Waals surface area contributed by atoms with E-state index in [2.05, 4.69) is 10.6 Å². The number of nitrogens with one attached hydrogen (secondary N) is 2. The van der Waals surface area contributed by atoms with Gasteiger partial charge in [0.2, 0.25) is 0 Å². The molecule has 0 bridgehead atoms. The van der Waals surface area contributed by atoms with Crippen LogP contribution in [0, 0.1) is 13.8 Å². The number of ether oxygens (including phenoxy) is 2. The number of rotatable bonds is 9. The average molecular weight is 398 g/mol. The zero-order valence-electron chi connectivity index (χ0n) is 16.9. The second kappa shape index (κ2) is 10.8. The Balaban J connectivity index is 1.65. The molecule has 0 saturated heterocycles. The Morgan fingerprint density at radius 3 is 2.45 bits per heavy atom. The maximum Gasteiger partial charge on any atom is 0.308 e. The van der Waals surface area contributed by atoms with Gasteiger partial charge in [-0.05, 0) is 50.1 Å². The summed E-state index contributed by atoms with van der Waals surface area (Å²) in [5.41, 5.74) is 2.52. The van der Waals surface area contributed by atoms with Crippen molar-refractivity contribution in [1.29, 1.82) is 0 Å². The van der Waals surface area contributed by atoms with Crippen LogP contribution in [0.5, 0.6) is 11.5 Å². The van der Waals surface area contributed by atoms with Crippen molar-refractivity contribution in [1.82, 2.24) is 10.6 Å². The molecule has 2 amide bonds. The Labute approximate surface area is 170 Å². The Hall–Kier alpha value is -3.35. The summed E-state index contributed by atoms with van der Waals surface area (Å²) in [6, 6.07) is 12.2. The molecule has 0 heterocycles. The van der Waals surface area contributed by atoms with E-state index in [0.717, 1.165) is 11.1 Å². The highest BCUT2D eigenvalue weighted by Crippen LogP contribution is 2.18. The predicted octanol–water partition coefficient (Wildman–Crippen LogP) is 2.54. The largest absolute Gasteiger partial charge is 0.484 e. The third-order valence-electron chi connectivity index (χ3n) is 4.01. The number of hydrogen-bond acceptors (Lipinski definition) is 5. The van der Waals surface area contributed by atoms with Crippen LogP contribution in [0.25, 0.3) is 0 Å². The van der Waals surface area contributed by atoms with Crippen LogP contribution in [0.4, 0.5) is 0 Å². The highest BCUT2D eigenvalue weighted by molar-refractivity contribution is 5.94. The SMILES string of the molecule is CC(=O)Oc1cccc(C(=O)NCCCNC(=O)COc2ccc(C)cc2C)c1. The quantitative estimate of drug-likeness (QED) is 0.385. The zero-order valence-corrected chi connectivity index (χ0v) is 16.9. The molecule has 0 radical (unpaired) electrons. The van der Waals surface area contributed by atoms with Gasteiger partial charge in [0.25, 0.3) is 11.8 Å². The van der Waals surface area contributed by atoms with Gasteiger partial charge in [-0.15, -0.1) is 0 Å². The number of esters is 1. The molecule has 29 heavy (non-hydrogen) atoms. The van der Waals surface area contributed by atoms with Crippen molar-refractivity contribution >= 4 is 17.8 Å². The van der Waals surface area contributed by atoms with Crippen LogP contribution >= 0.6 is 0 Å². The maximum atomic E-state index is 12.1. The van der Waals surface area contributed by atoms with Crippen molar-refractivity contribution < 1.29 is 23.9 Å². The topological polar surface area (TPSA) is 93.7 Å². The molecule has 0 aromatic heterocycles. The summed E-state index contributed by atoms with van der Waals surface area (Å²) in [7, 11) is 0. The molecule has 0 saturated carbocycles. The molecular formula is C22H26N2O5. The third kappa shape index (κ3) is 7.65. The number of aryl methyl sites for hydroxylation is 2. The van der Waals surface area contributed by atoms with Crippen molar-refractivity contribution in [2.24, 2.45) is 0 Å². The van der Waals surface area contributed by atoms with Crippen LogP contribution in [-0.2, 0) is 9.59 Å². The summed E-state index contributed by atoms with van der Waals surface area (Å²) in [4.78, 5) is 35.0. The van der Waals surface area contributed by atoms with Crippen molar-refractivity contribution in [3.63, 3.8) is 0 Å². The third-order valence-corrected chi connectivity index (χ3v) is 4.01. The lowest BCUT2D eigenvalue weighted by Crippen LogP contribution is -2.32. The van der Waals surface area contributed by atoms with Crippen LogP contribution < -0.4 is 20.1 Å². The lowest BCUT2D eigenvalue weighted by atomic mass is 10.1. The summed E-state index contributed by atoms with van der Waals surface area (Å²) in [6.07, 6.45) is 0.574. The molecule has 7 nitrogen and oxygen atoms in total. The first-order valence-corrected chi connectivity index (χ1v) is 9.38. The van der Waals surface area contributed by atoms with Crippen LogP contribution in [-0.4, -0.2) is 37.5 Å². The predicted molar refractivity (Wildman–Crippen MR) is 109 cm³/mol. The van der Waals surface area contributed by atoms with Gasteiger partial charge < -0.3 is 20.1 Å². The normalized spacial score (nSPS) is 10.2. The first-order chi connectivity index (χ1) is 13.8. The van der Waals surface area contributed by atoms with E-state index in [-0.39, 0.29) is 18.4 Å². The van der Waals surface area contributed by atoms with E-state index in [1.54, 1.807) is 18.2 Å². The van der Waals surface area contributed by atoms with E-state index in [1.807, 2.05) is 32.0 Å². The molecule has 2 aromatic carbocycles. The molecular weight excluding hydrogens is 372 g/mol. The van der Waals surface area contributed by atoms with Crippen LogP contribution in [0.1, 0.15) is 34.8 Å². The molecule has 7 heteroatoms. The Kier molecular flexibility index (Phi) is 8.21. The van der Waals surface area contributed by atoms with Crippen molar-refractivity contribution in [3.05, 3.63) is 59.2 Å². The smallest absolute Gasteiger partial charge is 0.308 e. The fourth-order valence-corrected chi connectivity index (χ4v) is 2.64. The minimum atomic E-state index is -0.445. The van der Waals surface area contributed by atoms with Crippen molar-refractivity contribution in [3.8, 4) is 11.5 Å². The van der Waals surface area contributed by atoms with Gasteiger partial charge in [0.05, 0.1) is 0 Å². The molecule has 0 aliphatic carbocycles. The monoisotopic (exact) mass is 398 g/mol. The molecule has 2 rings (SSSR count). The minimum absolute atomic E-state index is 0.0563. The fraction of sp³-hybridized carbons (Fsp3) is 0.318. The maximum absolute atomic E-state index is 12.1. The van der Waals surface area contributed by atoms with Gasteiger partial charge in [0.1, 0.15) is 11.5 Å². The Morgan fingerprint density at radius 2 is 1.72 bits per heavy atom. The van der Waals surface area contributed by atoms with Crippen molar-refractivity contribution in [2.75, 3.05) is 19.7 Å². The lowest BCUT2D eigenvalue weighted by Gasteiger charge is -2.10. The van der Waals surface area contributed by atoms with Gasteiger partial charge in [-0.3, -0.25) is 14.4 Å². The number of carbonyl (C=O) groups is 3. The lowest BCUT2D eigenvalue weighted by molar-refractivity contribution is -0.131. The van der Waals surface area contributed by atoms with Crippen LogP contribution in [0.2, 0.25) is 0 Å². The van der Waals surface area contributed by atoms with E-state index in [0.29, 0.717) is 36.6 Å². The summed E-state index contributed by atoms with van der Waals surface area (Å²) in [5.74, 6) is 0.0731. The van der Waals surface area contributed by atoms with Gasteiger partial charge >= 0.3 is 5.97 Å². The summed E-state index contributed by atoms with van der Waals surface area (Å²) < 4.78 is 10.5. The van der Waals surface area contributed by atoms with Crippen LogP contribution in [0.15, 0.2) is 42.5 Å².